The summed E-state index contributed by atoms with van der Waals surface area (Å²) in [6.45, 7) is 5.11. The van der Waals surface area contributed by atoms with E-state index < -0.39 is 0 Å². The lowest BCUT2D eigenvalue weighted by Crippen LogP contribution is -2.19. The summed E-state index contributed by atoms with van der Waals surface area (Å²) >= 11 is 0. The predicted octanol–water partition coefficient (Wildman–Crippen LogP) is 2.70. The van der Waals surface area contributed by atoms with E-state index in [-0.39, 0.29) is 0 Å². The Kier molecular flexibility index (Phi) is 2.16. The highest BCUT2D eigenvalue weighted by molar-refractivity contribution is 5.29. The quantitative estimate of drug-likeness (QED) is 0.842. The molecule has 1 aromatic rings. The van der Waals surface area contributed by atoms with Crippen molar-refractivity contribution < 1.29 is 0 Å². The number of hydrogen-bond donors (Lipinski definition) is 1. The molecule has 0 aromatic carbocycles. The Labute approximate surface area is 96.7 Å². The third kappa shape index (κ3) is 1.91. The largest absolute Gasteiger partial charge is 0.354 e. The zero-order valence-electron chi connectivity index (χ0n) is 10.1. The molecule has 0 spiro atoms. The number of aromatic nitrogens is 2. The molecule has 0 radical (unpaired) electrons. The van der Waals surface area contributed by atoms with Gasteiger partial charge in [0, 0.05) is 17.9 Å². The summed E-state index contributed by atoms with van der Waals surface area (Å²) in [7, 11) is 0. The van der Waals surface area contributed by atoms with Crippen LogP contribution in [0.3, 0.4) is 0 Å². The third-order valence-corrected chi connectivity index (χ3v) is 3.92. The smallest absolute Gasteiger partial charge is 0.223 e. The first kappa shape index (κ1) is 10.1. The molecule has 0 saturated heterocycles. The van der Waals surface area contributed by atoms with E-state index in [0.29, 0.717) is 5.41 Å². The van der Waals surface area contributed by atoms with E-state index in [4.69, 9.17) is 0 Å². The lowest BCUT2D eigenvalue weighted by molar-refractivity contribution is 0.465. The fourth-order valence-corrected chi connectivity index (χ4v) is 2.65. The van der Waals surface area contributed by atoms with Crippen molar-refractivity contribution in [1.29, 1.82) is 0 Å². The molecule has 86 valence electrons. The first-order chi connectivity index (χ1) is 7.68. The van der Waals surface area contributed by atoms with Crippen LogP contribution in [-0.2, 0) is 0 Å². The van der Waals surface area contributed by atoms with Crippen molar-refractivity contribution in [2.24, 2.45) is 11.3 Å². The minimum atomic E-state index is 0.612. The van der Waals surface area contributed by atoms with E-state index in [1.807, 2.05) is 19.9 Å². The van der Waals surface area contributed by atoms with Gasteiger partial charge in [-0.1, -0.05) is 0 Å². The molecule has 3 heteroatoms. The second-order valence-corrected chi connectivity index (χ2v) is 5.46. The standard InChI is InChI=1S/C13H19N3/c1-9-7-10(2)16-12(15-9)14-8-13(5-6-13)11-3-4-11/h7,11H,3-6,8H2,1-2H3,(H,14,15,16). The minimum absolute atomic E-state index is 0.612. The van der Waals surface area contributed by atoms with E-state index in [1.165, 1.54) is 25.7 Å². The zero-order valence-corrected chi connectivity index (χ0v) is 10.1. The van der Waals surface area contributed by atoms with Gasteiger partial charge in [0.25, 0.3) is 0 Å². The molecule has 2 fully saturated rings. The maximum absolute atomic E-state index is 4.42. The summed E-state index contributed by atoms with van der Waals surface area (Å²) in [6, 6.07) is 2.01. The highest BCUT2D eigenvalue weighted by atomic mass is 15.1. The van der Waals surface area contributed by atoms with Crippen molar-refractivity contribution in [3.8, 4) is 0 Å². The summed E-state index contributed by atoms with van der Waals surface area (Å²) in [4.78, 5) is 8.84. The second-order valence-electron chi connectivity index (χ2n) is 5.46. The average Bonchev–Trinajstić information content (AvgIpc) is 3.07. The Hall–Kier alpha value is -1.12. The average molecular weight is 217 g/mol. The molecule has 1 N–H and O–H groups in total. The molecular formula is C13H19N3. The lowest BCUT2D eigenvalue weighted by Gasteiger charge is -2.15. The van der Waals surface area contributed by atoms with Crippen LogP contribution in [0.25, 0.3) is 0 Å². The van der Waals surface area contributed by atoms with Crippen LogP contribution < -0.4 is 5.32 Å². The van der Waals surface area contributed by atoms with E-state index >= 15 is 0 Å². The van der Waals surface area contributed by atoms with Crippen LogP contribution >= 0.6 is 0 Å². The fourth-order valence-electron chi connectivity index (χ4n) is 2.65. The molecule has 0 amide bonds. The van der Waals surface area contributed by atoms with Gasteiger partial charge in [0.15, 0.2) is 0 Å². The van der Waals surface area contributed by atoms with Crippen molar-refractivity contribution in [3.05, 3.63) is 17.5 Å². The summed E-state index contributed by atoms with van der Waals surface area (Å²) in [5.41, 5.74) is 2.71. The molecule has 0 unspecified atom stereocenters. The first-order valence-electron chi connectivity index (χ1n) is 6.24. The highest BCUT2D eigenvalue weighted by Crippen LogP contribution is 2.61. The van der Waals surface area contributed by atoms with Crippen LogP contribution in [0.1, 0.15) is 37.1 Å². The van der Waals surface area contributed by atoms with Gasteiger partial charge in [-0.25, -0.2) is 9.97 Å². The number of nitrogens with one attached hydrogen (secondary N) is 1. The second kappa shape index (κ2) is 3.44. The molecule has 3 nitrogen and oxygen atoms in total. The van der Waals surface area contributed by atoms with Crippen LogP contribution in [0.15, 0.2) is 6.07 Å². The van der Waals surface area contributed by atoms with Gasteiger partial charge in [0.1, 0.15) is 0 Å². The van der Waals surface area contributed by atoms with Gasteiger partial charge < -0.3 is 5.32 Å². The SMILES string of the molecule is Cc1cc(C)nc(NCC2(C3CC3)CC2)n1. The molecule has 0 bridgehead atoms. The van der Waals surface area contributed by atoms with E-state index in [9.17, 15) is 0 Å². The van der Waals surface area contributed by atoms with Gasteiger partial charge in [0.2, 0.25) is 5.95 Å². The maximum Gasteiger partial charge on any atom is 0.223 e. The van der Waals surface area contributed by atoms with Gasteiger partial charge in [-0.15, -0.1) is 0 Å². The maximum atomic E-state index is 4.42. The molecule has 2 saturated carbocycles. The van der Waals surface area contributed by atoms with E-state index in [1.54, 1.807) is 0 Å². The molecule has 2 aliphatic rings. The molecule has 0 aliphatic heterocycles. The summed E-state index contributed by atoms with van der Waals surface area (Å²) in [5.74, 6) is 1.80. The minimum Gasteiger partial charge on any atom is -0.354 e. The van der Waals surface area contributed by atoms with Crippen LogP contribution in [0, 0.1) is 25.2 Å². The Bertz CT molecular complexity index is 385. The normalized spacial score (nSPS) is 21.9. The fraction of sp³-hybridized carbons (Fsp3) is 0.692. The number of hydrogen-bond acceptors (Lipinski definition) is 3. The van der Waals surface area contributed by atoms with Crippen molar-refractivity contribution in [2.75, 3.05) is 11.9 Å². The monoisotopic (exact) mass is 217 g/mol. The summed E-state index contributed by atoms with van der Waals surface area (Å²) < 4.78 is 0. The Morgan fingerprint density at radius 1 is 1.25 bits per heavy atom. The van der Waals surface area contributed by atoms with Crippen molar-refractivity contribution in [2.45, 2.75) is 39.5 Å². The van der Waals surface area contributed by atoms with Gasteiger partial charge in [-0.2, -0.15) is 0 Å². The van der Waals surface area contributed by atoms with Gasteiger partial charge in [-0.05, 0) is 56.9 Å². The number of aryl methyl sites for hydroxylation is 2. The number of nitrogens with zero attached hydrogens (tertiary/aromatic N) is 2. The van der Waals surface area contributed by atoms with Crippen molar-refractivity contribution in [3.63, 3.8) is 0 Å². The molecule has 16 heavy (non-hydrogen) atoms. The topological polar surface area (TPSA) is 37.8 Å². The molecule has 1 aromatic heterocycles. The predicted molar refractivity (Wildman–Crippen MR) is 64.4 cm³/mol. The van der Waals surface area contributed by atoms with Gasteiger partial charge >= 0.3 is 0 Å². The number of anilines is 1. The van der Waals surface area contributed by atoms with Gasteiger partial charge in [0.05, 0.1) is 0 Å². The molecule has 3 rings (SSSR count). The zero-order chi connectivity index (χ0) is 11.2. The third-order valence-electron chi connectivity index (χ3n) is 3.92. The molecule has 1 heterocycles. The van der Waals surface area contributed by atoms with Crippen LogP contribution in [0.5, 0.6) is 0 Å². The van der Waals surface area contributed by atoms with Crippen LogP contribution in [0.4, 0.5) is 5.95 Å². The van der Waals surface area contributed by atoms with Crippen molar-refractivity contribution >= 4 is 5.95 Å². The molecular weight excluding hydrogens is 198 g/mol. The van der Waals surface area contributed by atoms with Crippen LogP contribution in [0.2, 0.25) is 0 Å². The van der Waals surface area contributed by atoms with E-state index in [0.717, 1.165) is 29.8 Å². The van der Waals surface area contributed by atoms with Crippen molar-refractivity contribution in [1.82, 2.24) is 9.97 Å². The first-order valence-corrected chi connectivity index (χ1v) is 6.24. The lowest BCUT2D eigenvalue weighted by atomic mass is 10.0. The Morgan fingerprint density at radius 2 is 1.88 bits per heavy atom. The number of rotatable bonds is 4. The summed E-state index contributed by atoms with van der Waals surface area (Å²) in [6.07, 6.45) is 5.68. The van der Waals surface area contributed by atoms with E-state index in [2.05, 4.69) is 15.3 Å². The Morgan fingerprint density at radius 3 is 2.38 bits per heavy atom. The molecule has 0 atom stereocenters. The highest BCUT2D eigenvalue weighted by Gasteiger charge is 2.53. The van der Waals surface area contributed by atoms with Crippen LogP contribution in [-0.4, -0.2) is 16.5 Å². The molecule has 2 aliphatic carbocycles. The summed E-state index contributed by atoms with van der Waals surface area (Å²) in [5, 5.41) is 3.43. The van der Waals surface area contributed by atoms with Gasteiger partial charge in [-0.3, -0.25) is 0 Å². The Balaban J connectivity index is 1.65.